The first-order valence-corrected chi connectivity index (χ1v) is 5.90. The van der Waals surface area contributed by atoms with Gasteiger partial charge in [-0.2, -0.15) is 0 Å². The van der Waals surface area contributed by atoms with Gasteiger partial charge >= 0.3 is 17.7 Å². The minimum Gasteiger partial charge on any atom is -0.465 e. The summed E-state index contributed by atoms with van der Waals surface area (Å²) >= 11 is 5.84. The van der Waals surface area contributed by atoms with Crippen LogP contribution in [0.3, 0.4) is 0 Å². The van der Waals surface area contributed by atoms with E-state index in [9.17, 15) is 14.7 Å². The molecule has 6 nitrogen and oxygen atoms in total. The molecule has 2 rings (SSSR count). The topological polar surface area (TPSA) is 82.1 Å². The van der Waals surface area contributed by atoms with E-state index in [2.05, 4.69) is 9.47 Å². The van der Waals surface area contributed by atoms with Gasteiger partial charge in [0.1, 0.15) is 11.3 Å². The lowest BCUT2D eigenvalue weighted by molar-refractivity contribution is -0.189. The zero-order valence-corrected chi connectivity index (χ0v) is 11.4. The van der Waals surface area contributed by atoms with Crippen LogP contribution < -0.4 is 4.74 Å². The Bertz CT molecular complexity index is 609. The molecule has 1 aromatic carbocycles. The fourth-order valence-electron chi connectivity index (χ4n) is 1.79. The second-order valence-electron chi connectivity index (χ2n) is 3.97. The lowest BCUT2D eigenvalue weighted by atomic mass is 9.98. The Morgan fingerprint density at radius 3 is 2.60 bits per heavy atom. The third kappa shape index (κ3) is 2.23. The van der Waals surface area contributed by atoms with Crippen molar-refractivity contribution < 1.29 is 28.9 Å². The van der Waals surface area contributed by atoms with Gasteiger partial charge in [0, 0.05) is 10.6 Å². The summed E-state index contributed by atoms with van der Waals surface area (Å²) < 4.78 is 14.2. The SMILES string of the molecule is COC(=O)C1=Cc2cc(Cl)ccc2OC1(O)C(=O)OC. The summed E-state index contributed by atoms with van der Waals surface area (Å²) in [6, 6.07) is 4.52. The maximum absolute atomic E-state index is 11.7. The lowest BCUT2D eigenvalue weighted by Gasteiger charge is -2.31. The summed E-state index contributed by atoms with van der Waals surface area (Å²) in [6.07, 6.45) is 1.27. The molecule has 7 heteroatoms. The summed E-state index contributed by atoms with van der Waals surface area (Å²) in [6.45, 7) is 0. The zero-order chi connectivity index (χ0) is 14.9. The molecule has 1 heterocycles. The molecular weight excluding hydrogens is 288 g/mol. The summed E-state index contributed by atoms with van der Waals surface area (Å²) in [7, 11) is 2.18. The fraction of sp³-hybridized carbons (Fsp3) is 0.231. The molecule has 1 aliphatic rings. The number of hydrogen-bond acceptors (Lipinski definition) is 6. The summed E-state index contributed by atoms with van der Waals surface area (Å²) in [5.74, 6) is -4.41. The fourth-order valence-corrected chi connectivity index (χ4v) is 1.97. The van der Waals surface area contributed by atoms with Crippen LogP contribution in [0, 0.1) is 0 Å². The van der Waals surface area contributed by atoms with Gasteiger partial charge in [0.15, 0.2) is 0 Å². The van der Waals surface area contributed by atoms with Crippen LogP contribution in [-0.4, -0.2) is 37.1 Å². The van der Waals surface area contributed by atoms with Gasteiger partial charge < -0.3 is 19.3 Å². The molecule has 1 N–H and O–H groups in total. The molecule has 0 spiro atoms. The number of fused-ring (bicyclic) bond motifs is 1. The number of methoxy groups -OCH3 is 2. The molecular formula is C13H11ClO6. The number of halogens is 1. The van der Waals surface area contributed by atoms with Gasteiger partial charge in [0.2, 0.25) is 0 Å². The maximum atomic E-state index is 11.7. The Labute approximate surface area is 119 Å². The maximum Gasteiger partial charge on any atom is 0.384 e. The molecule has 0 fully saturated rings. The van der Waals surface area contributed by atoms with E-state index in [1.54, 1.807) is 0 Å². The van der Waals surface area contributed by atoms with Crippen LogP contribution in [0.15, 0.2) is 23.8 Å². The molecule has 1 aliphatic heterocycles. The van der Waals surface area contributed by atoms with Crippen molar-refractivity contribution in [1.29, 1.82) is 0 Å². The normalized spacial score (nSPS) is 20.3. The minimum absolute atomic E-state index is 0.190. The molecule has 0 saturated heterocycles. The smallest absolute Gasteiger partial charge is 0.384 e. The van der Waals surface area contributed by atoms with Crippen molar-refractivity contribution in [3.8, 4) is 5.75 Å². The summed E-state index contributed by atoms with van der Waals surface area (Å²) in [5, 5.41) is 10.7. The predicted molar refractivity (Wildman–Crippen MR) is 69.0 cm³/mol. The van der Waals surface area contributed by atoms with Crippen LogP contribution in [0.5, 0.6) is 5.75 Å². The van der Waals surface area contributed by atoms with E-state index in [0.29, 0.717) is 10.6 Å². The molecule has 0 bridgehead atoms. The number of esters is 2. The van der Waals surface area contributed by atoms with E-state index in [1.165, 1.54) is 24.3 Å². The van der Waals surface area contributed by atoms with Gasteiger partial charge in [-0.25, -0.2) is 9.59 Å². The highest BCUT2D eigenvalue weighted by atomic mass is 35.5. The number of benzene rings is 1. The number of rotatable bonds is 2. The molecule has 0 aliphatic carbocycles. The highest BCUT2D eigenvalue weighted by Gasteiger charge is 2.50. The van der Waals surface area contributed by atoms with Crippen LogP contribution in [0.2, 0.25) is 5.02 Å². The summed E-state index contributed by atoms with van der Waals surface area (Å²) in [5.41, 5.74) is 0.0492. The van der Waals surface area contributed by atoms with Crippen molar-refractivity contribution in [1.82, 2.24) is 0 Å². The van der Waals surface area contributed by atoms with Gasteiger partial charge in [0.25, 0.3) is 0 Å². The number of aliphatic hydroxyl groups is 1. The molecule has 0 aromatic heterocycles. The Hall–Kier alpha value is -2.05. The van der Waals surface area contributed by atoms with Crippen molar-refractivity contribution in [2.24, 2.45) is 0 Å². The third-order valence-electron chi connectivity index (χ3n) is 2.76. The van der Waals surface area contributed by atoms with E-state index >= 15 is 0 Å². The highest BCUT2D eigenvalue weighted by Crippen LogP contribution is 2.37. The van der Waals surface area contributed by atoms with E-state index in [0.717, 1.165) is 14.2 Å². The van der Waals surface area contributed by atoms with E-state index < -0.39 is 17.7 Å². The van der Waals surface area contributed by atoms with Crippen LogP contribution in [0.25, 0.3) is 6.08 Å². The molecule has 1 aromatic rings. The molecule has 20 heavy (non-hydrogen) atoms. The second-order valence-corrected chi connectivity index (χ2v) is 4.41. The molecule has 0 radical (unpaired) electrons. The molecule has 1 atom stereocenters. The first kappa shape index (κ1) is 14.4. The molecule has 0 amide bonds. The third-order valence-corrected chi connectivity index (χ3v) is 3.00. The standard InChI is InChI=1S/C13H11ClO6/c1-18-11(15)9-6-7-5-8(14)3-4-10(7)20-13(9,17)12(16)19-2/h3-6,17H,1-2H3. The highest BCUT2D eigenvalue weighted by molar-refractivity contribution is 6.30. The molecule has 1 unspecified atom stereocenters. The number of carbonyl (C=O) groups is 2. The Balaban J connectivity index is 2.60. The zero-order valence-electron chi connectivity index (χ0n) is 10.7. The average molecular weight is 299 g/mol. The van der Waals surface area contributed by atoms with Crippen molar-refractivity contribution in [3.05, 3.63) is 34.4 Å². The van der Waals surface area contributed by atoms with Crippen molar-refractivity contribution in [2.45, 2.75) is 5.79 Å². The van der Waals surface area contributed by atoms with Crippen molar-refractivity contribution in [3.63, 3.8) is 0 Å². The first-order chi connectivity index (χ1) is 9.42. The number of ether oxygens (including phenoxy) is 3. The van der Waals surface area contributed by atoms with E-state index in [4.69, 9.17) is 16.3 Å². The van der Waals surface area contributed by atoms with Crippen LogP contribution in [0.1, 0.15) is 5.56 Å². The van der Waals surface area contributed by atoms with Crippen LogP contribution in [-0.2, 0) is 19.1 Å². The van der Waals surface area contributed by atoms with Gasteiger partial charge in [-0.05, 0) is 24.3 Å². The van der Waals surface area contributed by atoms with Gasteiger partial charge in [-0.3, -0.25) is 0 Å². The quantitative estimate of drug-likeness (QED) is 0.825. The summed E-state index contributed by atoms with van der Waals surface area (Å²) in [4.78, 5) is 23.5. The number of hydrogen-bond donors (Lipinski definition) is 1. The average Bonchev–Trinajstić information content (AvgIpc) is 2.45. The van der Waals surface area contributed by atoms with Crippen molar-refractivity contribution in [2.75, 3.05) is 14.2 Å². The molecule has 0 saturated carbocycles. The Morgan fingerprint density at radius 1 is 1.30 bits per heavy atom. The van der Waals surface area contributed by atoms with Crippen molar-refractivity contribution >= 4 is 29.6 Å². The minimum atomic E-state index is -2.55. The van der Waals surface area contributed by atoms with Gasteiger partial charge in [0.05, 0.1) is 14.2 Å². The Kier molecular flexibility index (Phi) is 3.69. The van der Waals surface area contributed by atoms with Gasteiger partial charge in [-0.15, -0.1) is 0 Å². The Morgan fingerprint density at radius 2 is 2.00 bits per heavy atom. The number of carbonyl (C=O) groups excluding carboxylic acids is 2. The monoisotopic (exact) mass is 298 g/mol. The van der Waals surface area contributed by atoms with E-state index in [-0.39, 0.29) is 11.3 Å². The van der Waals surface area contributed by atoms with Crippen LogP contribution in [0.4, 0.5) is 0 Å². The second kappa shape index (κ2) is 5.15. The van der Waals surface area contributed by atoms with Gasteiger partial charge in [-0.1, -0.05) is 11.6 Å². The lowest BCUT2D eigenvalue weighted by Crippen LogP contribution is -2.50. The largest absolute Gasteiger partial charge is 0.465 e. The molecule has 106 valence electrons. The van der Waals surface area contributed by atoms with E-state index in [1.807, 2.05) is 0 Å². The van der Waals surface area contributed by atoms with Crippen LogP contribution >= 0.6 is 11.6 Å². The first-order valence-electron chi connectivity index (χ1n) is 5.52. The predicted octanol–water partition coefficient (Wildman–Crippen LogP) is 1.15.